The molecule has 0 fully saturated rings. The van der Waals surface area contributed by atoms with Gasteiger partial charge in [-0.1, -0.05) is 36.4 Å². The van der Waals surface area contributed by atoms with E-state index in [1.807, 2.05) is 30.3 Å². The number of rotatable bonds is 5. The van der Waals surface area contributed by atoms with Gasteiger partial charge < -0.3 is 14.8 Å². The van der Waals surface area contributed by atoms with Crippen molar-refractivity contribution in [2.75, 3.05) is 14.2 Å². The predicted octanol–water partition coefficient (Wildman–Crippen LogP) is 1.67. The van der Waals surface area contributed by atoms with Crippen molar-refractivity contribution >= 4 is 28.6 Å². The molecule has 120 valence electrons. The Morgan fingerprint density at radius 1 is 1.00 bits per heavy atom. The standard InChI is InChI=1S/C17H17NO5/c1-22-15(19)10-14(17(21)23-2)18-16(20)13-9-5-7-11-6-3-4-8-12(11)13/h3-9,14H,10H2,1-2H3,(H,18,20)/t14-/m0/s1. The molecule has 2 rings (SSSR count). The highest BCUT2D eigenvalue weighted by atomic mass is 16.5. The number of ether oxygens (including phenoxy) is 2. The molecule has 0 saturated carbocycles. The lowest BCUT2D eigenvalue weighted by Gasteiger charge is -2.16. The molecular weight excluding hydrogens is 298 g/mol. The van der Waals surface area contributed by atoms with Gasteiger partial charge in [0.15, 0.2) is 0 Å². The average molecular weight is 315 g/mol. The van der Waals surface area contributed by atoms with Gasteiger partial charge >= 0.3 is 11.9 Å². The Labute approximate surface area is 133 Å². The largest absolute Gasteiger partial charge is 0.469 e. The fraction of sp³-hybridized carbons (Fsp3) is 0.235. The Morgan fingerprint density at radius 2 is 1.70 bits per heavy atom. The van der Waals surface area contributed by atoms with Gasteiger partial charge in [0, 0.05) is 5.56 Å². The van der Waals surface area contributed by atoms with Crippen molar-refractivity contribution in [2.24, 2.45) is 0 Å². The van der Waals surface area contributed by atoms with Crippen LogP contribution in [0, 0.1) is 0 Å². The number of carbonyl (C=O) groups is 3. The summed E-state index contributed by atoms with van der Waals surface area (Å²) in [5.41, 5.74) is 0.418. The van der Waals surface area contributed by atoms with Gasteiger partial charge in [0.2, 0.25) is 0 Å². The monoisotopic (exact) mass is 315 g/mol. The molecule has 1 N–H and O–H groups in total. The molecule has 23 heavy (non-hydrogen) atoms. The predicted molar refractivity (Wildman–Crippen MR) is 83.9 cm³/mol. The quantitative estimate of drug-likeness (QED) is 0.849. The minimum Gasteiger partial charge on any atom is -0.469 e. The number of esters is 2. The van der Waals surface area contributed by atoms with Crippen LogP contribution in [0.4, 0.5) is 0 Å². The first-order chi connectivity index (χ1) is 11.1. The van der Waals surface area contributed by atoms with E-state index in [-0.39, 0.29) is 6.42 Å². The molecule has 6 nitrogen and oxygen atoms in total. The summed E-state index contributed by atoms with van der Waals surface area (Å²) in [7, 11) is 2.40. The molecule has 0 aromatic heterocycles. The lowest BCUT2D eigenvalue weighted by Crippen LogP contribution is -2.43. The Balaban J connectivity index is 2.26. The van der Waals surface area contributed by atoms with Gasteiger partial charge in [-0.05, 0) is 16.8 Å². The first-order valence-corrected chi connectivity index (χ1v) is 7.00. The highest BCUT2D eigenvalue weighted by molar-refractivity contribution is 6.08. The number of amides is 1. The molecule has 2 aromatic carbocycles. The van der Waals surface area contributed by atoms with Crippen LogP contribution < -0.4 is 5.32 Å². The first-order valence-electron chi connectivity index (χ1n) is 7.00. The molecule has 0 spiro atoms. The van der Waals surface area contributed by atoms with Crippen molar-refractivity contribution in [2.45, 2.75) is 12.5 Å². The fourth-order valence-electron chi connectivity index (χ4n) is 2.24. The van der Waals surface area contributed by atoms with Crippen molar-refractivity contribution in [1.29, 1.82) is 0 Å². The minimum absolute atomic E-state index is 0.292. The SMILES string of the molecule is COC(=O)C[C@H](NC(=O)c1cccc2ccccc12)C(=O)OC. The van der Waals surface area contributed by atoms with E-state index in [1.54, 1.807) is 12.1 Å². The van der Waals surface area contributed by atoms with Crippen LogP contribution in [0.3, 0.4) is 0 Å². The summed E-state index contributed by atoms with van der Waals surface area (Å²) in [4.78, 5) is 35.6. The zero-order valence-electron chi connectivity index (χ0n) is 12.9. The lowest BCUT2D eigenvalue weighted by molar-refractivity contribution is -0.149. The molecule has 2 aromatic rings. The topological polar surface area (TPSA) is 81.7 Å². The summed E-state index contributed by atoms with van der Waals surface area (Å²) in [5.74, 6) is -1.77. The van der Waals surface area contributed by atoms with Gasteiger partial charge in [0.1, 0.15) is 6.04 Å². The molecule has 0 aliphatic heterocycles. The van der Waals surface area contributed by atoms with E-state index >= 15 is 0 Å². The normalized spacial score (nSPS) is 11.6. The van der Waals surface area contributed by atoms with Crippen LogP contribution in [-0.2, 0) is 19.1 Å². The van der Waals surface area contributed by atoms with Crippen LogP contribution in [-0.4, -0.2) is 38.1 Å². The Morgan fingerprint density at radius 3 is 2.39 bits per heavy atom. The van der Waals surface area contributed by atoms with E-state index in [2.05, 4.69) is 14.8 Å². The number of carbonyl (C=O) groups excluding carboxylic acids is 3. The average Bonchev–Trinajstić information content (AvgIpc) is 2.59. The molecule has 0 bridgehead atoms. The molecule has 1 amide bonds. The van der Waals surface area contributed by atoms with Gasteiger partial charge in [0.05, 0.1) is 20.6 Å². The van der Waals surface area contributed by atoms with Crippen LogP contribution in [0.15, 0.2) is 42.5 Å². The maximum atomic E-state index is 12.5. The molecule has 0 aliphatic carbocycles. The molecule has 0 saturated heterocycles. The molecular formula is C17H17NO5. The number of nitrogens with one attached hydrogen (secondary N) is 1. The Kier molecular flexibility index (Phi) is 5.30. The van der Waals surface area contributed by atoms with E-state index in [0.29, 0.717) is 5.56 Å². The highest BCUT2D eigenvalue weighted by Gasteiger charge is 2.26. The lowest BCUT2D eigenvalue weighted by atomic mass is 10.0. The number of fused-ring (bicyclic) bond motifs is 1. The van der Waals surface area contributed by atoms with Gasteiger partial charge in [-0.25, -0.2) is 4.79 Å². The zero-order chi connectivity index (χ0) is 16.8. The molecule has 0 radical (unpaired) electrons. The van der Waals surface area contributed by atoms with Crippen molar-refractivity contribution in [3.8, 4) is 0 Å². The van der Waals surface area contributed by atoms with E-state index in [9.17, 15) is 14.4 Å². The Hall–Kier alpha value is -2.89. The van der Waals surface area contributed by atoms with Crippen molar-refractivity contribution in [1.82, 2.24) is 5.32 Å². The molecule has 0 heterocycles. The van der Waals surface area contributed by atoms with Gasteiger partial charge in [-0.2, -0.15) is 0 Å². The van der Waals surface area contributed by atoms with Crippen LogP contribution >= 0.6 is 0 Å². The summed E-state index contributed by atoms with van der Waals surface area (Å²) in [6.07, 6.45) is -0.292. The third kappa shape index (κ3) is 3.85. The minimum atomic E-state index is -1.10. The second-order valence-corrected chi connectivity index (χ2v) is 4.86. The van der Waals surface area contributed by atoms with Crippen LogP contribution in [0.1, 0.15) is 16.8 Å². The van der Waals surface area contributed by atoms with Gasteiger partial charge in [0.25, 0.3) is 5.91 Å². The van der Waals surface area contributed by atoms with Crippen LogP contribution in [0.25, 0.3) is 10.8 Å². The van der Waals surface area contributed by atoms with Gasteiger partial charge in [-0.3, -0.25) is 9.59 Å². The summed E-state index contributed by atoms with van der Waals surface area (Å²) in [6.45, 7) is 0. The number of methoxy groups -OCH3 is 2. The molecule has 0 unspecified atom stereocenters. The maximum Gasteiger partial charge on any atom is 0.328 e. The van der Waals surface area contributed by atoms with Gasteiger partial charge in [-0.15, -0.1) is 0 Å². The zero-order valence-corrected chi connectivity index (χ0v) is 12.9. The number of hydrogen-bond donors (Lipinski definition) is 1. The summed E-state index contributed by atoms with van der Waals surface area (Å²) in [5, 5.41) is 4.19. The summed E-state index contributed by atoms with van der Waals surface area (Å²) >= 11 is 0. The van der Waals surface area contributed by atoms with E-state index in [4.69, 9.17) is 0 Å². The smallest absolute Gasteiger partial charge is 0.328 e. The summed E-state index contributed by atoms with van der Waals surface area (Å²) < 4.78 is 9.16. The maximum absolute atomic E-state index is 12.5. The molecule has 6 heteroatoms. The molecule has 0 aliphatic rings. The second kappa shape index (κ2) is 7.40. The third-order valence-electron chi connectivity index (χ3n) is 3.42. The van der Waals surface area contributed by atoms with Crippen LogP contribution in [0.5, 0.6) is 0 Å². The second-order valence-electron chi connectivity index (χ2n) is 4.86. The first kappa shape index (κ1) is 16.5. The van der Waals surface area contributed by atoms with Crippen LogP contribution in [0.2, 0.25) is 0 Å². The Bertz CT molecular complexity index is 735. The van der Waals surface area contributed by atoms with Crippen molar-refractivity contribution < 1.29 is 23.9 Å². The van der Waals surface area contributed by atoms with Crippen molar-refractivity contribution in [3.63, 3.8) is 0 Å². The van der Waals surface area contributed by atoms with Crippen molar-refractivity contribution in [3.05, 3.63) is 48.0 Å². The number of benzene rings is 2. The van der Waals surface area contributed by atoms with E-state index in [0.717, 1.165) is 10.8 Å². The van der Waals surface area contributed by atoms with E-state index in [1.165, 1.54) is 14.2 Å². The third-order valence-corrected chi connectivity index (χ3v) is 3.42. The highest BCUT2D eigenvalue weighted by Crippen LogP contribution is 2.18. The fourth-order valence-corrected chi connectivity index (χ4v) is 2.24. The summed E-state index contributed by atoms with van der Waals surface area (Å²) in [6, 6.07) is 11.6. The molecule has 1 atom stereocenters. The number of hydrogen-bond acceptors (Lipinski definition) is 5. The van der Waals surface area contributed by atoms with E-state index < -0.39 is 23.9 Å².